The number of allylic oxidation sites excluding steroid dienone is 5. The standard InChI is InChI=1S/C28H29NS/c1-18(2)15-20(4)24-16-25(27(21(24)5)22-9-7-6-8-10-22)26-17-30-28(29-26)23-13-11-19(3)12-14-23/h6-14,16-18,27H,4,15H2,1-3,5H3. The van der Waals surface area contributed by atoms with Gasteiger partial charge in [-0.1, -0.05) is 86.2 Å². The molecule has 4 rings (SSSR count). The third-order valence-corrected chi connectivity index (χ3v) is 6.63. The van der Waals surface area contributed by atoms with Crippen LogP contribution in [0.5, 0.6) is 0 Å². The highest BCUT2D eigenvalue weighted by Gasteiger charge is 2.30. The molecular weight excluding hydrogens is 382 g/mol. The number of hydrogen-bond donors (Lipinski definition) is 0. The lowest BCUT2D eigenvalue weighted by molar-refractivity contribution is 0.648. The molecule has 1 aliphatic rings. The minimum Gasteiger partial charge on any atom is -0.236 e. The Morgan fingerprint density at radius 1 is 1.03 bits per heavy atom. The molecule has 3 aromatic rings. The van der Waals surface area contributed by atoms with E-state index in [1.165, 1.54) is 39.0 Å². The van der Waals surface area contributed by atoms with E-state index in [4.69, 9.17) is 4.98 Å². The maximum absolute atomic E-state index is 5.05. The summed E-state index contributed by atoms with van der Waals surface area (Å²) in [6.07, 6.45) is 3.36. The minimum atomic E-state index is 0.234. The molecular formula is C28H29NS. The van der Waals surface area contributed by atoms with E-state index in [0.717, 1.165) is 17.1 Å². The molecule has 1 aromatic heterocycles. The fourth-order valence-corrected chi connectivity index (χ4v) is 5.09. The van der Waals surface area contributed by atoms with Gasteiger partial charge in [0.05, 0.1) is 5.69 Å². The van der Waals surface area contributed by atoms with Crippen molar-refractivity contribution < 1.29 is 0 Å². The Hall–Kier alpha value is -2.71. The molecule has 0 fully saturated rings. The van der Waals surface area contributed by atoms with E-state index in [2.05, 4.69) is 100 Å². The van der Waals surface area contributed by atoms with Gasteiger partial charge in [-0.2, -0.15) is 0 Å². The third kappa shape index (κ3) is 4.11. The first-order valence-corrected chi connectivity index (χ1v) is 11.5. The quantitative estimate of drug-likeness (QED) is 0.398. The summed E-state index contributed by atoms with van der Waals surface area (Å²) in [5.74, 6) is 0.830. The van der Waals surface area contributed by atoms with Gasteiger partial charge in [-0.15, -0.1) is 11.3 Å². The van der Waals surface area contributed by atoms with Crippen molar-refractivity contribution in [2.75, 3.05) is 0 Å². The van der Waals surface area contributed by atoms with Crippen LogP contribution in [0.3, 0.4) is 0 Å². The molecule has 1 heterocycles. The van der Waals surface area contributed by atoms with Crippen molar-refractivity contribution in [2.45, 2.75) is 40.0 Å². The van der Waals surface area contributed by atoms with Crippen LogP contribution in [-0.2, 0) is 0 Å². The summed E-state index contributed by atoms with van der Waals surface area (Å²) in [5.41, 5.74) is 10.0. The van der Waals surface area contributed by atoms with Crippen LogP contribution in [0.1, 0.15) is 49.9 Å². The molecule has 1 atom stereocenters. The fourth-order valence-electron chi connectivity index (χ4n) is 4.26. The van der Waals surface area contributed by atoms with Crippen LogP contribution in [0.2, 0.25) is 0 Å². The van der Waals surface area contributed by atoms with Crippen molar-refractivity contribution in [1.29, 1.82) is 0 Å². The molecule has 1 unspecified atom stereocenters. The first-order valence-electron chi connectivity index (χ1n) is 10.6. The molecule has 1 nitrogen and oxygen atoms in total. The van der Waals surface area contributed by atoms with Gasteiger partial charge in [0.2, 0.25) is 0 Å². The second kappa shape index (κ2) is 8.57. The van der Waals surface area contributed by atoms with Gasteiger partial charge in [0, 0.05) is 16.9 Å². The monoisotopic (exact) mass is 411 g/mol. The van der Waals surface area contributed by atoms with E-state index >= 15 is 0 Å². The lowest BCUT2D eigenvalue weighted by Gasteiger charge is -2.17. The normalized spacial score (nSPS) is 16.3. The second-order valence-electron chi connectivity index (χ2n) is 8.65. The fraction of sp³-hybridized carbons (Fsp3) is 0.250. The predicted molar refractivity (Wildman–Crippen MR) is 131 cm³/mol. The maximum atomic E-state index is 5.05. The van der Waals surface area contributed by atoms with Crippen LogP contribution in [0, 0.1) is 12.8 Å². The highest BCUT2D eigenvalue weighted by Crippen LogP contribution is 2.47. The number of hydrogen-bond acceptors (Lipinski definition) is 2. The van der Waals surface area contributed by atoms with E-state index < -0.39 is 0 Å². The van der Waals surface area contributed by atoms with E-state index in [1.807, 2.05) is 0 Å². The van der Waals surface area contributed by atoms with Crippen LogP contribution < -0.4 is 0 Å². The summed E-state index contributed by atoms with van der Waals surface area (Å²) < 4.78 is 0. The number of nitrogens with zero attached hydrogens (tertiary/aromatic N) is 1. The Kier molecular flexibility index (Phi) is 5.87. The summed E-state index contributed by atoms with van der Waals surface area (Å²) in [4.78, 5) is 5.05. The molecule has 0 spiro atoms. The van der Waals surface area contributed by atoms with Gasteiger partial charge in [0.1, 0.15) is 5.01 Å². The van der Waals surface area contributed by atoms with Gasteiger partial charge in [0.15, 0.2) is 0 Å². The second-order valence-corrected chi connectivity index (χ2v) is 9.50. The topological polar surface area (TPSA) is 12.9 Å². The van der Waals surface area contributed by atoms with E-state index in [0.29, 0.717) is 5.92 Å². The lowest BCUT2D eigenvalue weighted by atomic mass is 9.86. The summed E-state index contributed by atoms with van der Waals surface area (Å²) in [7, 11) is 0. The van der Waals surface area contributed by atoms with E-state index in [-0.39, 0.29) is 5.92 Å². The van der Waals surface area contributed by atoms with E-state index in [1.54, 1.807) is 11.3 Å². The number of thiazole rings is 1. The summed E-state index contributed by atoms with van der Waals surface area (Å²) >= 11 is 1.72. The molecule has 0 amide bonds. The van der Waals surface area contributed by atoms with Crippen LogP contribution in [0.15, 0.2) is 89.4 Å². The number of benzene rings is 2. The Labute approximate surface area is 184 Å². The molecule has 152 valence electrons. The predicted octanol–water partition coefficient (Wildman–Crippen LogP) is 8.22. The molecule has 0 bridgehead atoms. The number of aromatic nitrogens is 1. The summed E-state index contributed by atoms with van der Waals surface area (Å²) in [5, 5.41) is 3.28. The van der Waals surface area contributed by atoms with Gasteiger partial charge in [0.25, 0.3) is 0 Å². The van der Waals surface area contributed by atoms with Crippen molar-refractivity contribution in [3.05, 3.63) is 106 Å². The first-order chi connectivity index (χ1) is 14.4. The average molecular weight is 412 g/mol. The van der Waals surface area contributed by atoms with Gasteiger partial charge < -0.3 is 0 Å². The van der Waals surface area contributed by atoms with Crippen LogP contribution in [0.4, 0.5) is 0 Å². The summed E-state index contributed by atoms with van der Waals surface area (Å²) in [6, 6.07) is 19.4. The van der Waals surface area contributed by atoms with Crippen molar-refractivity contribution in [3.63, 3.8) is 0 Å². The minimum absolute atomic E-state index is 0.234. The molecule has 30 heavy (non-hydrogen) atoms. The average Bonchev–Trinajstić information content (AvgIpc) is 3.33. The molecule has 0 radical (unpaired) electrons. The Morgan fingerprint density at radius 2 is 1.73 bits per heavy atom. The zero-order valence-electron chi connectivity index (χ0n) is 18.3. The molecule has 0 N–H and O–H groups in total. The van der Waals surface area contributed by atoms with E-state index in [9.17, 15) is 0 Å². The van der Waals surface area contributed by atoms with Crippen molar-refractivity contribution in [1.82, 2.24) is 4.98 Å². The molecule has 0 saturated carbocycles. The SMILES string of the molecule is C=C(CC(C)C)C1=C(C)C(c2ccccc2)C(c2csc(-c3ccc(C)cc3)n2)=C1. The summed E-state index contributed by atoms with van der Waals surface area (Å²) in [6.45, 7) is 13.3. The lowest BCUT2D eigenvalue weighted by Crippen LogP contribution is -2.01. The maximum Gasteiger partial charge on any atom is 0.124 e. The Balaban J connectivity index is 1.75. The Morgan fingerprint density at radius 3 is 2.40 bits per heavy atom. The van der Waals surface area contributed by atoms with Crippen LogP contribution in [0.25, 0.3) is 16.1 Å². The number of rotatable bonds is 6. The smallest absolute Gasteiger partial charge is 0.124 e. The van der Waals surface area contributed by atoms with Crippen LogP contribution >= 0.6 is 11.3 Å². The van der Waals surface area contributed by atoms with Gasteiger partial charge in [-0.25, -0.2) is 4.98 Å². The first kappa shape index (κ1) is 20.6. The van der Waals surface area contributed by atoms with Crippen molar-refractivity contribution >= 4 is 16.9 Å². The zero-order chi connectivity index (χ0) is 21.3. The molecule has 0 saturated heterocycles. The molecule has 1 aliphatic carbocycles. The Bertz CT molecular complexity index is 1110. The molecule has 0 aliphatic heterocycles. The van der Waals surface area contributed by atoms with Crippen molar-refractivity contribution in [2.24, 2.45) is 5.92 Å². The number of aryl methyl sites for hydroxylation is 1. The van der Waals surface area contributed by atoms with Gasteiger partial charge in [-0.05, 0) is 54.5 Å². The van der Waals surface area contributed by atoms with Crippen molar-refractivity contribution in [3.8, 4) is 10.6 Å². The highest BCUT2D eigenvalue weighted by atomic mass is 32.1. The third-order valence-electron chi connectivity index (χ3n) is 5.74. The largest absolute Gasteiger partial charge is 0.236 e. The van der Waals surface area contributed by atoms with Gasteiger partial charge >= 0.3 is 0 Å². The molecule has 2 aromatic carbocycles. The zero-order valence-corrected chi connectivity index (χ0v) is 19.1. The van der Waals surface area contributed by atoms with Crippen LogP contribution in [-0.4, -0.2) is 4.98 Å². The highest BCUT2D eigenvalue weighted by molar-refractivity contribution is 7.13. The molecule has 2 heteroatoms. The van der Waals surface area contributed by atoms with Gasteiger partial charge in [-0.3, -0.25) is 0 Å².